The van der Waals surface area contributed by atoms with Gasteiger partial charge in [-0.05, 0) is 49.8 Å². The van der Waals surface area contributed by atoms with Crippen LogP contribution in [0.5, 0.6) is 5.75 Å². The number of ether oxygens (including phenoxy) is 3. The molecule has 2 N–H and O–H groups in total. The van der Waals surface area contributed by atoms with Crippen molar-refractivity contribution in [2.24, 2.45) is 10.9 Å². The summed E-state index contributed by atoms with van der Waals surface area (Å²) in [5, 5.41) is 6.75. The molecule has 0 bridgehead atoms. The highest BCUT2D eigenvalue weighted by Crippen LogP contribution is 2.25. The van der Waals surface area contributed by atoms with Gasteiger partial charge in [0.1, 0.15) is 5.75 Å². The molecule has 29 heavy (non-hydrogen) atoms. The van der Waals surface area contributed by atoms with E-state index >= 15 is 0 Å². The SMILES string of the molecule is CCNC(=NCC(C)(C)c1ccc(OC)cc1)NCCCOCC1CCOCC1. The smallest absolute Gasteiger partial charge is 0.191 e. The Bertz CT molecular complexity index is 596. The summed E-state index contributed by atoms with van der Waals surface area (Å²) in [7, 11) is 1.69. The van der Waals surface area contributed by atoms with Crippen molar-refractivity contribution in [1.29, 1.82) is 0 Å². The predicted molar refractivity (Wildman–Crippen MR) is 119 cm³/mol. The summed E-state index contributed by atoms with van der Waals surface area (Å²) in [4.78, 5) is 4.80. The highest BCUT2D eigenvalue weighted by atomic mass is 16.5. The van der Waals surface area contributed by atoms with Gasteiger partial charge in [-0.3, -0.25) is 4.99 Å². The van der Waals surface area contributed by atoms with Crippen LogP contribution in [-0.4, -0.2) is 59.1 Å². The maximum absolute atomic E-state index is 5.84. The van der Waals surface area contributed by atoms with Gasteiger partial charge < -0.3 is 24.8 Å². The Morgan fingerprint density at radius 1 is 1.17 bits per heavy atom. The van der Waals surface area contributed by atoms with Crippen LogP contribution in [0.1, 0.15) is 45.6 Å². The molecule has 0 atom stereocenters. The topological polar surface area (TPSA) is 64.1 Å². The highest BCUT2D eigenvalue weighted by Gasteiger charge is 2.20. The van der Waals surface area contributed by atoms with Crippen LogP contribution in [0.25, 0.3) is 0 Å². The van der Waals surface area contributed by atoms with Gasteiger partial charge in [-0.1, -0.05) is 26.0 Å². The molecule has 2 rings (SSSR count). The summed E-state index contributed by atoms with van der Waals surface area (Å²) in [5.41, 5.74) is 1.20. The van der Waals surface area contributed by atoms with Gasteiger partial charge in [0.25, 0.3) is 0 Å². The lowest BCUT2D eigenvalue weighted by Gasteiger charge is -2.24. The van der Waals surface area contributed by atoms with Crippen LogP contribution < -0.4 is 15.4 Å². The van der Waals surface area contributed by atoms with Crippen molar-refractivity contribution < 1.29 is 14.2 Å². The van der Waals surface area contributed by atoms with Crippen molar-refractivity contribution in [2.45, 2.75) is 45.4 Å². The summed E-state index contributed by atoms with van der Waals surface area (Å²) < 4.78 is 16.5. The minimum Gasteiger partial charge on any atom is -0.497 e. The molecule has 1 aliphatic rings. The number of hydrogen-bond acceptors (Lipinski definition) is 4. The quantitative estimate of drug-likeness (QED) is 0.336. The zero-order valence-corrected chi connectivity index (χ0v) is 18.6. The summed E-state index contributed by atoms with van der Waals surface area (Å²) in [6.45, 7) is 12.3. The molecule has 1 aliphatic heterocycles. The maximum atomic E-state index is 5.84. The Hall–Kier alpha value is -1.79. The van der Waals surface area contributed by atoms with Crippen LogP contribution in [0.15, 0.2) is 29.3 Å². The number of hydrogen-bond donors (Lipinski definition) is 2. The molecule has 0 spiro atoms. The molecule has 0 saturated carbocycles. The van der Waals surface area contributed by atoms with E-state index in [-0.39, 0.29) is 5.41 Å². The first-order chi connectivity index (χ1) is 14.0. The number of methoxy groups -OCH3 is 1. The normalized spacial score (nSPS) is 15.9. The molecular formula is C23H39N3O3. The fourth-order valence-corrected chi connectivity index (χ4v) is 3.30. The molecule has 164 valence electrons. The van der Waals surface area contributed by atoms with Gasteiger partial charge in [-0.25, -0.2) is 0 Å². The first-order valence-corrected chi connectivity index (χ1v) is 10.9. The number of benzene rings is 1. The Morgan fingerprint density at radius 2 is 1.90 bits per heavy atom. The summed E-state index contributed by atoms with van der Waals surface area (Å²) >= 11 is 0. The zero-order valence-electron chi connectivity index (χ0n) is 18.6. The van der Waals surface area contributed by atoms with Crippen LogP contribution in [-0.2, 0) is 14.9 Å². The van der Waals surface area contributed by atoms with Crippen molar-refractivity contribution in [3.8, 4) is 5.75 Å². The van der Waals surface area contributed by atoms with Crippen LogP contribution >= 0.6 is 0 Å². The molecule has 1 heterocycles. The summed E-state index contributed by atoms with van der Waals surface area (Å²) in [6.07, 6.45) is 3.22. The van der Waals surface area contributed by atoms with Crippen molar-refractivity contribution in [3.63, 3.8) is 0 Å². The van der Waals surface area contributed by atoms with Gasteiger partial charge in [0.2, 0.25) is 0 Å². The molecule has 0 unspecified atom stereocenters. The second-order valence-corrected chi connectivity index (χ2v) is 8.22. The third-order valence-electron chi connectivity index (χ3n) is 5.30. The van der Waals surface area contributed by atoms with Crippen molar-refractivity contribution in [3.05, 3.63) is 29.8 Å². The Balaban J connectivity index is 1.73. The lowest BCUT2D eigenvalue weighted by atomic mass is 9.85. The fraction of sp³-hybridized carbons (Fsp3) is 0.696. The average molecular weight is 406 g/mol. The number of guanidine groups is 1. The van der Waals surface area contributed by atoms with E-state index in [0.29, 0.717) is 12.5 Å². The minimum atomic E-state index is -0.0541. The second kappa shape index (κ2) is 12.7. The first-order valence-electron chi connectivity index (χ1n) is 10.9. The molecule has 0 radical (unpaired) electrons. The molecule has 0 amide bonds. The van der Waals surface area contributed by atoms with Gasteiger partial charge in [-0.2, -0.15) is 0 Å². The Morgan fingerprint density at radius 3 is 2.55 bits per heavy atom. The maximum Gasteiger partial charge on any atom is 0.191 e. The molecule has 1 aromatic carbocycles. The predicted octanol–water partition coefficient (Wildman–Crippen LogP) is 3.36. The van der Waals surface area contributed by atoms with E-state index in [0.717, 1.165) is 70.5 Å². The van der Waals surface area contributed by atoms with Crippen LogP contribution in [0.3, 0.4) is 0 Å². The van der Waals surface area contributed by atoms with Crippen molar-refractivity contribution in [1.82, 2.24) is 10.6 Å². The average Bonchev–Trinajstić information content (AvgIpc) is 2.75. The molecule has 1 saturated heterocycles. The Kier molecular flexibility index (Phi) is 10.3. The van der Waals surface area contributed by atoms with E-state index in [4.69, 9.17) is 19.2 Å². The van der Waals surface area contributed by atoms with E-state index in [1.54, 1.807) is 7.11 Å². The van der Waals surface area contributed by atoms with Gasteiger partial charge >= 0.3 is 0 Å². The van der Waals surface area contributed by atoms with E-state index < -0.39 is 0 Å². The lowest BCUT2D eigenvalue weighted by Crippen LogP contribution is -2.39. The largest absolute Gasteiger partial charge is 0.497 e. The van der Waals surface area contributed by atoms with Crippen molar-refractivity contribution >= 4 is 5.96 Å². The number of rotatable bonds is 11. The number of nitrogens with one attached hydrogen (secondary N) is 2. The van der Waals surface area contributed by atoms with E-state index in [2.05, 4.69) is 43.5 Å². The summed E-state index contributed by atoms with van der Waals surface area (Å²) in [5.74, 6) is 2.40. The fourth-order valence-electron chi connectivity index (χ4n) is 3.30. The van der Waals surface area contributed by atoms with Gasteiger partial charge in [0, 0.05) is 44.9 Å². The van der Waals surface area contributed by atoms with Gasteiger partial charge in [0.05, 0.1) is 13.7 Å². The second-order valence-electron chi connectivity index (χ2n) is 8.22. The monoisotopic (exact) mass is 405 g/mol. The van der Waals surface area contributed by atoms with E-state index in [1.807, 2.05) is 12.1 Å². The van der Waals surface area contributed by atoms with E-state index in [9.17, 15) is 0 Å². The van der Waals surface area contributed by atoms with Gasteiger partial charge in [-0.15, -0.1) is 0 Å². The summed E-state index contributed by atoms with van der Waals surface area (Å²) in [6, 6.07) is 8.24. The molecule has 6 nitrogen and oxygen atoms in total. The zero-order chi connectivity index (χ0) is 21.0. The van der Waals surface area contributed by atoms with E-state index in [1.165, 1.54) is 5.56 Å². The van der Waals surface area contributed by atoms with Gasteiger partial charge in [0.15, 0.2) is 5.96 Å². The third kappa shape index (κ3) is 8.62. The molecule has 1 fully saturated rings. The van der Waals surface area contributed by atoms with Crippen LogP contribution in [0.4, 0.5) is 0 Å². The molecule has 1 aromatic rings. The molecule has 0 aliphatic carbocycles. The molecule has 0 aromatic heterocycles. The molecule has 6 heteroatoms. The Labute approximate surface area is 176 Å². The lowest BCUT2D eigenvalue weighted by molar-refractivity contribution is 0.0203. The minimum absolute atomic E-state index is 0.0541. The standard InChI is InChI=1S/C23H39N3O3/c1-5-24-22(25-13-6-14-29-17-19-11-15-28-16-12-19)26-18-23(2,3)20-7-9-21(27-4)10-8-20/h7-10,19H,5-6,11-18H2,1-4H3,(H2,24,25,26). The third-order valence-corrected chi connectivity index (χ3v) is 5.30. The van der Waals surface area contributed by atoms with Crippen LogP contribution in [0, 0.1) is 5.92 Å². The molecular weight excluding hydrogens is 366 g/mol. The first kappa shape index (κ1) is 23.5. The van der Waals surface area contributed by atoms with Crippen LogP contribution in [0.2, 0.25) is 0 Å². The highest BCUT2D eigenvalue weighted by molar-refractivity contribution is 5.79. The van der Waals surface area contributed by atoms with Crippen molar-refractivity contribution in [2.75, 3.05) is 53.2 Å². The number of nitrogens with zero attached hydrogens (tertiary/aromatic N) is 1. The number of aliphatic imine (C=N–C) groups is 1.